The summed E-state index contributed by atoms with van der Waals surface area (Å²) < 4.78 is 5.37. The van der Waals surface area contributed by atoms with Crippen molar-refractivity contribution in [3.8, 4) is 6.07 Å². The summed E-state index contributed by atoms with van der Waals surface area (Å²) in [6.07, 6.45) is 6.36. The van der Waals surface area contributed by atoms with E-state index < -0.39 is 6.04 Å². The van der Waals surface area contributed by atoms with Gasteiger partial charge in [-0.1, -0.05) is 24.3 Å². The van der Waals surface area contributed by atoms with Crippen molar-refractivity contribution in [3.63, 3.8) is 0 Å². The van der Waals surface area contributed by atoms with Crippen LogP contribution in [-0.4, -0.2) is 28.0 Å². The zero-order valence-corrected chi connectivity index (χ0v) is 19.0. The molecule has 0 saturated heterocycles. The maximum atomic E-state index is 13.8. The van der Waals surface area contributed by atoms with Crippen LogP contribution in [0.2, 0.25) is 0 Å². The molecule has 5 rings (SSSR count). The zero-order valence-electron chi connectivity index (χ0n) is 18.2. The van der Waals surface area contributed by atoms with Gasteiger partial charge in [0.05, 0.1) is 6.04 Å². The molecule has 4 aromatic rings. The van der Waals surface area contributed by atoms with E-state index in [4.69, 9.17) is 0 Å². The fourth-order valence-corrected chi connectivity index (χ4v) is 5.36. The van der Waals surface area contributed by atoms with E-state index in [1.54, 1.807) is 6.07 Å². The van der Waals surface area contributed by atoms with E-state index in [-0.39, 0.29) is 5.91 Å². The van der Waals surface area contributed by atoms with E-state index in [1.165, 1.54) is 17.5 Å². The van der Waals surface area contributed by atoms with Crippen molar-refractivity contribution in [2.45, 2.75) is 36.7 Å². The highest BCUT2D eigenvalue weighted by molar-refractivity contribution is 7.97. The molecule has 3 heterocycles. The highest BCUT2D eigenvalue weighted by Crippen LogP contribution is 2.29. The van der Waals surface area contributed by atoms with Gasteiger partial charge in [-0.3, -0.25) is 4.79 Å². The number of H-pyrrole nitrogens is 1. The summed E-state index contributed by atoms with van der Waals surface area (Å²) in [5.74, 6) is 0.0709. The van der Waals surface area contributed by atoms with Gasteiger partial charge in [-0.25, -0.2) is 4.72 Å². The fourth-order valence-electron chi connectivity index (χ4n) is 4.44. The smallest absolute Gasteiger partial charge is 0.245 e. The summed E-state index contributed by atoms with van der Waals surface area (Å²) >= 11 is 1.49. The third-order valence-corrected chi connectivity index (χ3v) is 7.12. The van der Waals surface area contributed by atoms with Gasteiger partial charge in [0, 0.05) is 47.0 Å². The van der Waals surface area contributed by atoms with Crippen LogP contribution >= 0.6 is 11.9 Å². The lowest BCUT2D eigenvalue weighted by Gasteiger charge is -2.32. The molecule has 33 heavy (non-hydrogen) atoms. The van der Waals surface area contributed by atoms with Crippen LogP contribution in [0.5, 0.6) is 0 Å². The monoisotopic (exact) mass is 455 g/mol. The van der Waals surface area contributed by atoms with Gasteiger partial charge in [0.15, 0.2) is 0 Å². The summed E-state index contributed by atoms with van der Waals surface area (Å²) in [5, 5.41) is 10.5. The first kappa shape index (κ1) is 21.4. The number of para-hydroxylation sites is 1. The molecule has 2 aromatic carbocycles. The van der Waals surface area contributed by atoms with E-state index >= 15 is 0 Å². The molecule has 166 valence electrons. The van der Waals surface area contributed by atoms with Gasteiger partial charge in [-0.15, -0.1) is 0 Å². The lowest BCUT2D eigenvalue weighted by atomic mass is 10.0. The largest absolute Gasteiger partial charge is 0.361 e. The molecule has 0 saturated carbocycles. The quantitative estimate of drug-likeness (QED) is 0.390. The minimum absolute atomic E-state index is 0.0709. The summed E-state index contributed by atoms with van der Waals surface area (Å²) in [4.78, 5) is 20.0. The number of hydrogen-bond acceptors (Lipinski definition) is 4. The number of nitriles is 1. The Balaban J connectivity index is 1.39. The van der Waals surface area contributed by atoms with Crippen molar-refractivity contribution in [3.05, 3.63) is 84.3 Å². The van der Waals surface area contributed by atoms with Crippen LogP contribution in [0.3, 0.4) is 0 Å². The van der Waals surface area contributed by atoms with Gasteiger partial charge < -0.3 is 14.5 Å². The molecule has 0 aliphatic carbocycles. The SMILES string of the molecule is N#Cc1cccn1CCC(NSc1cccc2[nH]ccc12)C(=O)N1CCCc2ccccc21. The van der Waals surface area contributed by atoms with Crippen LogP contribution < -0.4 is 9.62 Å². The Labute approximate surface area is 197 Å². The molecule has 7 heteroatoms. The van der Waals surface area contributed by atoms with Crippen LogP contribution in [0.25, 0.3) is 10.9 Å². The molecule has 0 radical (unpaired) electrons. The minimum Gasteiger partial charge on any atom is -0.361 e. The van der Waals surface area contributed by atoms with Crippen LogP contribution in [0.15, 0.2) is 78.0 Å². The Morgan fingerprint density at radius 1 is 1.15 bits per heavy atom. The average Bonchev–Trinajstić information content (AvgIpc) is 3.53. The molecule has 1 aliphatic rings. The number of aryl methyl sites for hydroxylation is 2. The maximum Gasteiger partial charge on any atom is 0.245 e. The zero-order chi connectivity index (χ0) is 22.6. The van der Waals surface area contributed by atoms with E-state index in [0.717, 1.165) is 40.9 Å². The predicted octanol–water partition coefficient (Wildman–Crippen LogP) is 4.88. The van der Waals surface area contributed by atoms with Gasteiger partial charge in [0.1, 0.15) is 11.8 Å². The van der Waals surface area contributed by atoms with E-state index in [0.29, 0.717) is 18.7 Å². The Morgan fingerprint density at radius 3 is 2.97 bits per heavy atom. The number of fused-ring (bicyclic) bond motifs is 2. The Bertz CT molecular complexity index is 1320. The van der Waals surface area contributed by atoms with Gasteiger partial charge >= 0.3 is 0 Å². The number of hydrogen-bond donors (Lipinski definition) is 2. The fraction of sp³-hybridized carbons (Fsp3) is 0.231. The normalized spacial score (nSPS) is 14.1. The van der Waals surface area contributed by atoms with Crippen molar-refractivity contribution in [1.82, 2.24) is 14.3 Å². The summed E-state index contributed by atoms with van der Waals surface area (Å²) in [6.45, 7) is 1.31. The number of anilines is 1. The Kier molecular flexibility index (Phi) is 6.20. The second-order valence-electron chi connectivity index (χ2n) is 8.18. The maximum absolute atomic E-state index is 13.8. The third-order valence-electron chi connectivity index (χ3n) is 6.14. The summed E-state index contributed by atoms with van der Waals surface area (Å²) in [7, 11) is 0. The van der Waals surface area contributed by atoms with Gasteiger partial charge in [-0.05, 0) is 73.2 Å². The van der Waals surface area contributed by atoms with Crippen molar-refractivity contribution >= 4 is 34.4 Å². The molecule has 6 nitrogen and oxygen atoms in total. The molecular weight excluding hydrogens is 430 g/mol. The molecular formula is C26H25N5OS. The molecule has 0 bridgehead atoms. The first-order valence-electron chi connectivity index (χ1n) is 11.2. The van der Waals surface area contributed by atoms with Crippen molar-refractivity contribution < 1.29 is 4.79 Å². The van der Waals surface area contributed by atoms with Crippen molar-refractivity contribution in [2.75, 3.05) is 11.4 Å². The number of aromatic amines is 1. The number of carbonyl (C=O) groups is 1. The molecule has 2 N–H and O–H groups in total. The van der Waals surface area contributed by atoms with Crippen LogP contribution in [-0.2, 0) is 17.8 Å². The summed E-state index contributed by atoms with van der Waals surface area (Å²) in [5.41, 5.74) is 3.91. The Morgan fingerprint density at radius 2 is 2.06 bits per heavy atom. The molecule has 0 fully saturated rings. The predicted molar refractivity (Wildman–Crippen MR) is 132 cm³/mol. The highest BCUT2D eigenvalue weighted by Gasteiger charge is 2.29. The molecule has 1 atom stereocenters. The van der Waals surface area contributed by atoms with Crippen molar-refractivity contribution in [2.24, 2.45) is 0 Å². The molecule has 1 unspecified atom stereocenters. The van der Waals surface area contributed by atoms with Crippen LogP contribution in [0.4, 0.5) is 5.69 Å². The number of nitrogens with zero attached hydrogens (tertiary/aromatic N) is 3. The number of carbonyl (C=O) groups excluding carboxylic acids is 1. The average molecular weight is 456 g/mol. The molecule has 1 amide bonds. The van der Waals surface area contributed by atoms with E-state index in [1.807, 2.05) is 58.3 Å². The van der Waals surface area contributed by atoms with Crippen LogP contribution in [0, 0.1) is 11.3 Å². The molecule has 0 spiro atoms. The number of aromatic nitrogens is 2. The first-order valence-corrected chi connectivity index (χ1v) is 12.0. The lowest BCUT2D eigenvalue weighted by molar-refractivity contribution is -0.120. The first-order chi connectivity index (χ1) is 16.2. The Hall–Kier alpha value is -3.47. The number of benzene rings is 2. The van der Waals surface area contributed by atoms with E-state index in [9.17, 15) is 10.1 Å². The second kappa shape index (κ2) is 9.57. The lowest BCUT2D eigenvalue weighted by Crippen LogP contribution is -2.47. The summed E-state index contributed by atoms with van der Waals surface area (Å²) in [6, 6.07) is 21.8. The van der Waals surface area contributed by atoms with Crippen LogP contribution in [0.1, 0.15) is 24.1 Å². The molecule has 1 aliphatic heterocycles. The number of amides is 1. The second-order valence-corrected chi connectivity index (χ2v) is 9.06. The van der Waals surface area contributed by atoms with Gasteiger partial charge in [0.25, 0.3) is 0 Å². The third kappa shape index (κ3) is 4.40. The van der Waals surface area contributed by atoms with Gasteiger partial charge in [-0.2, -0.15) is 5.26 Å². The number of nitrogens with one attached hydrogen (secondary N) is 2. The standard InChI is InChI=1S/C26H25N5OS/c27-18-20-8-5-15-30(20)17-13-23(29-33-25-11-3-9-22-21(25)12-14-28-22)26(32)31-16-4-7-19-6-1-2-10-24(19)31/h1-3,5-6,8-12,14-15,23,28-29H,4,7,13,16-17H2. The highest BCUT2D eigenvalue weighted by atomic mass is 32.2. The van der Waals surface area contributed by atoms with Gasteiger partial charge in [0.2, 0.25) is 5.91 Å². The minimum atomic E-state index is -0.399. The van der Waals surface area contributed by atoms with Crippen molar-refractivity contribution in [1.29, 1.82) is 5.26 Å². The number of rotatable bonds is 7. The molecule has 2 aromatic heterocycles. The topological polar surface area (TPSA) is 76.8 Å². The van der Waals surface area contributed by atoms with E-state index in [2.05, 4.69) is 34.0 Å².